The molecule has 1 aromatic carbocycles. The summed E-state index contributed by atoms with van der Waals surface area (Å²) in [4.78, 5) is 22.3. The largest absolute Gasteiger partial charge is 0.480 e. The van der Waals surface area contributed by atoms with Crippen LogP contribution in [-0.4, -0.2) is 29.9 Å². The summed E-state index contributed by atoms with van der Waals surface area (Å²) in [6.07, 6.45) is 0.299. The van der Waals surface area contributed by atoms with E-state index >= 15 is 0 Å². The Hall–Kier alpha value is -1.68. The van der Waals surface area contributed by atoms with Crippen LogP contribution in [0.25, 0.3) is 0 Å². The molecule has 16 heavy (non-hydrogen) atoms. The van der Waals surface area contributed by atoms with Gasteiger partial charge in [-0.2, -0.15) is 0 Å². The molecule has 86 valence electrons. The molecule has 0 saturated heterocycles. The third-order valence-corrected chi connectivity index (χ3v) is 2.32. The summed E-state index contributed by atoms with van der Waals surface area (Å²) in [5.41, 5.74) is 0.910. The van der Waals surface area contributed by atoms with E-state index in [1.165, 1.54) is 7.05 Å². The summed E-state index contributed by atoms with van der Waals surface area (Å²) < 4.78 is 0. The number of aliphatic carboxylic acids is 1. The summed E-state index contributed by atoms with van der Waals surface area (Å²) in [5.74, 6) is -1.07. The number of likely N-dealkylation sites (N-methyl/N-ethyl adjacent to an activating group) is 1. The number of ketones is 1. The van der Waals surface area contributed by atoms with E-state index in [4.69, 9.17) is 5.11 Å². The van der Waals surface area contributed by atoms with Crippen LogP contribution in [0.15, 0.2) is 30.3 Å². The van der Waals surface area contributed by atoms with Crippen LogP contribution in [-0.2, 0) is 16.0 Å². The van der Waals surface area contributed by atoms with Crippen molar-refractivity contribution in [1.29, 1.82) is 0 Å². The van der Waals surface area contributed by atoms with Crippen molar-refractivity contribution < 1.29 is 14.7 Å². The zero-order chi connectivity index (χ0) is 12.0. The number of benzene rings is 1. The average molecular weight is 221 g/mol. The second-order valence-electron chi connectivity index (χ2n) is 3.58. The van der Waals surface area contributed by atoms with Crippen LogP contribution in [0.2, 0.25) is 0 Å². The second-order valence-corrected chi connectivity index (χ2v) is 3.58. The van der Waals surface area contributed by atoms with Gasteiger partial charge < -0.3 is 10.4 Å². The predicted octanol–water partition coefficient (Wildman–Crippen LogP) is 0.861. The van der Waals surface area contributed by atoms with Crippen LogP contribution in [0, 0.1) is 0 Å². The van der Waals surface area contributed by atoms with Crippen LogP contribution in [0.3, 0.4) is 0 Å². The van der Waals surface area contributed by atoms with Crippen molar-refractivity contribution in [3.8, 4) is 0 Å². The predicted molar refractivity (Wildman–Crippen MR) is 60.3 cm³/mol. The van der Waals surface area contributed by atoms with Gasteiger partial charge >= 0.3 is 5.97 Å². The maximum Gasteiger partial charge on any atom is 0.321 e. The molecule has 0 amide bonds. The van der Waals surface area contributed by atoms with Gasteiger partial charge in [-0.25, -0.2) is 0 Å². The Bertz CT molecular complexity index is 362. The van der Waals surface area contributed by atoms with Gasteiger partial charge in [-0.3, -0.25) is 9.59 Å². The Balaban J connectivity index is 2.50. The van der Waals surface area contributed by atoms with Crippen molar-refractivity contribution in [1.82, 2.24) is 5.32 Å². The van der Waals surface area contributed by atoms with Gasteiger partial charge in [-0.15, -0.1) is 0 Å². The number of hydrogen-bond acceptors (Lipinski definition) is 3. The van der Waals surface area contributed by atoms with Crippen LogP contribution in [0.5, 0.6) is 0 Å². The van der Waals surface area contributed by atoms with Gasteiger partial charge in [0.1, 0.15) is 11.8 Å². The first-order valence-electron chi connectivity index (χ1n) is 5.09. The standard InChI is InChI=1S/C12H15NO3/c1-13-11(12(15)16)8-10(14)7-9-5-3-2-4-6-9/h2-6,11,13H,7-8H2,1H3,(H,15,16)/t11-/m0/s1. The van der Waals surface area contributed by atoms with E-state index in [0.717, 1.165) is 5.56 Å². The average Bonchev–Trinajstić information content (AvgIpc) is 2.27. The summed E-state index contributed by atoms with van der Waals surface area (Å²) in [6.45, 7) is 0. The molecule has 1 atom stereocenters. The molecule has 4 heteroatoms. The fourth-order valence-electron chi connectivity index (χ4n) is 1.44. The highest BCUT2D eigenvalue weighted by atomic mass is 16.4. The molecule has 4 nitrogen and oxygen atoms in total. The first-order valence-corrected chi connectivity index (χ1v) is 5.09. The maximum atomic E-state index is 11.6. The minimum absolute atomic E-state index is 0.0146. The first kappa shape index (κ1) is 12.4. The fourth-order valence-corrected chi connectivity index (χ4v) is 1.44. The van der Waals surface area contributed by atoms with Gasteiger partial charge in [0.25, 0.3) is 0 Å². The Morgan fingerprint density at radius 1 is 1.31 bits per heavy atom. The van der Waals surface area contributed by atoms with Gasteiger partial charge in [0, 0.05) is 12.8 Å². The SMILES string of the molecule is CN[C@@H](CC(=O)Cc1ccccc1)C(=O)O. The summed E-state index contributed by atoms with van der Waals surface area (Å²) in [5, 5.41) is 11.4. The van der Waals surface area contributed by atoms with Gasteiger partial charge in [-0.1, -0.05) is 30.3 Å². The van der Waals surface area contributed by atoms with Crippen LogP contribution < -0.4 is 5.32 Å². The second kappa shape index (κ2) is 6.02. The summed E-state index contributed by atoms with van der Waals surface area (Å²) >= 11 is 0. The van der Waals surface area contributed by atoms with Crippen molar-refractivity contribution in [2.24, 2.45) is 0 Å². The van der Waals surface area contributed by atoms with E-state index in [0.29, 0.717) is 0 Å². The molecule has 0 fully saturated rings. The lowest BCUT2D eigenvalue weighted by Gasteiger charge is -2.09. The van der Waals surface area contributed by atoms with E-state index in [1.54, 1.807) is 0 Å². The normalized spacial score (nSPS) is 12.1. The Kier molecular flexibility index (Phi) is 4.66. The maximum absolute atomic E-state index is 11.6. The highest BCUT2D eigenvalue weighted by Gasteiger charge is 2.18. The lowest BCUT2D eigenvalue weighted by atomic mass is 10.0. The van der Waals surface area contributed by atoms with Crippen LogP contribution in [0.1, 0.15) is 12.0 Å². The Labute approximate surface area is 94.3 Å². The topological polar surface area (TPSA) is 66.4 Å². The molecule has 2 N–H and O–H groups in total. The highest BCUT2D eigenvalue weighted by molar-refractivity contribution is 5.87. The lowest BCUT2D eigenvalue weighted by molar-refractivity contribution is -0.141. The van der Waals surface area contributed by atoms with Crippen molar-refractivity contribution in [3.05, 3.63) is 35.9 Å². The minimum Gasteiger partial charge on any atom is -0.480 e. The molecule has 0 bridgehead atoms. The molecular weight excluding hydrogens is 206 g/mol. The number of carbonyl (C=O) groups is 2. The molecule has 0 unspecified atom stereocenters. The number of rotatable bonds is 6. The van der Waals surface area contributed by atoms with Crippen LogP contribution in [0.4, 0.5) is 0 Å². The molecule has 0 aliphatic carbocycles. The molecule has 0 aromatic heterocycles. The third-order valence-electron chi connectivity index (χ3n) is 2.32. The fraction of sp³-hybridized carbons (Fsp3) is 0.333. The van der Waals surface area contributed by atoms with Crippen molar-refractivity contribution >= 4 is 11.8 Å². The molecule has 0 spiro atoms. The number of carboxylic acid groups (broad SMARTS) is 1. The van der Waals surface area contributed by atoms with Crippen molar-refractivity contribution in [2.45, 2.75) is 18.9 Å². The number of Topliss-reactive ketones (excluding diaryl/α,β-unsaturated/α-hetero) is 1. The van der Waals surface area contributed by atoms with Gasteiger partial charge in [-0.05, 0) is 12.6 Å². The first-order chi connectivity index (χ1) is 7.63. The van der Waals surface area contributed by atoms with Gasteiger partial charge in [0.15, 0.2) is 0 Å². The van der Waals surface area contributed by atoms with Crippen molar-refractivity contribution in [3.63, 3.8) is 0 Å². The van der Waals surface area contributed by atoms with E-state index < -0.39 is 12.0 Å². The number of carbonyl (C=O) groups excluding carboxylic acids is 1. The minimum atomic E-state index is -0.996. The van der Waals surface area contributed by atoms with E-state index in [2.05, 4.69) is 5.32 Å². The smallest absolute Gasteiger partial charge is 0.321 e. The van der Waals surface area contributed by atoms with Gasteiger partial charge in [0.05, 0.1) is 0 Å². The number of hydrogen-bond donors (Lipinski definition) is 2. The third kappa shape index (κ3) is 3.82. The van der Waals surface area contributed by atoms with E-state index in [-0.39, 0.29) is 18.6 Å². The Morgan fingerprint density at radius 2 is 1.94 bits per heavy atom. The molecule has 0 saturated carbocycles. The molecule has 0 heterocycles. The Morgan fingerprint density at radius 3 is 2.44 bits per heavy atom. The molecular formula is C12H15NO3. The monoisotopic (exact) mass is 221 g/mol. The van der Waals surface area contributed by atoms with Gasteiger partial charge in [0.2, 0.25) is 0 Å². The highest BCUT2D eigenvalue weighted by Crippen LogP contribution is 2.03. The van der Waals surface area contributed by atoms with E-state index in [1.807, 2.05) is 30.3 Å². The summed E-state index contributed by atoms with van der Waals surface area (Å²) in [7, 11) is 1.54. The summed E-state index contributed by atoms with van der Waals surface area (Å²) in [6, 6.07) is 8.50. The quantitative estimate of drug-likeness (QED) is 0.747. The lowest BCUT2D eigenvalue weighted by Crippen LogP contribution is -2.36. The number of carboxylic acids is 1. The zero-order valence-electron chi connectivity index (χ0n) is 9.14. The van der Waals surface area contributed by atoms with Crippen molar-refractivity contribution in [2.75, 3.05) is 7.05 Å². The molecule has 0 aliphatic rings. The number of nitrogens with one attached hydrogen (secondary N) is 1. The zero-order valence-corrected chi connectivity index (χ0v) is 9.14. The molecule has 0 radical (unpaired) electrons. The molecule has 1 aromatic rings. The molecule has 0 aliphatic heterocycles. The van der Waals surface area contributed by atoms with E-state index in [9.17, 15) is 9.59 Å². The van der Waals surface area contributed by atoms with Crippen LogP contribution >= 0.6 is 0 Å². The molecule has 1 rings (SSSR count).